The van der Waals surface area contributed by atoms with E-state index in [9.17, 15) is 4.79 Å². The fourth-order valence-electron chi connectivity index (χ4n) is 2.39. The first-order valence-electron chi connectivity index (χ1n) is 7.67. The van der Waals surface area contributed by atoms with Gasteiger partial charge in [-0.25, -0.2) is 0 Å². The van der Waals surface area contributed by atoms with Gasteiger partial charge in [0, 0.05) is 0 Å². The number of amides is 1. The van der Waals surface area contributed by atoms with Crippen molar-refractivity contribution in [3.05, 3.63) is 65.4 Å². The van der Waals surface area contributed by atoms with Gasteiger partial charge in [0.15, 0.2) is 0 Å². The number of nitrogens with zero attached hydrogens (tertiary/aromatic N) is 3. The van der Waals surface area contributed by atoms with Crippen LogP contribution in [0.1, 0.15) is 18.1 Å². The molecule has 0 bridgehead atoms. The summed E-state index contributed by atoms with van der Waals surface area (Å²) in [6.45, 7) is 2.54. The quantitative estimate of drug-likeness (QED) is 0.591. The van der Waals surface area contributed by atoms with Gasteiger partial charge in [0.05, 0.1) is 0 Å². The molecule has 0 saturated carbocycles. The molecule has 25 heavy (non-hydrogen) atoms. The van der Waals surface area contributed by atoms with Gasteiger partial charge in [-0.1, -0.05) is 0 Å². The van der Waals surface area contributed by atoms with Crippen molar-refractivity contribution in [2.75, 3.05) is 11.5 Å². The Morgan fingerprint density at radius 1 is 1.20 bits per heavy atom. The average Bonchev–Trinajstić information content (AvgIpc) is 2.90. The van der Waals surface area contributed by atoms with Gasteiger partial charge < -0.3 is 0 Å². The molecule has 1 aliphatic rings. The van der Waals surface area contributed by atoms with Crippen LogP contribution in [0.4, 0.5) is 5.69 Å². The molecule has 1 amide bonds. The van der Waals surface area contributed by atoms with E-state index in [1.54, 1.807) is 30.3 Å². The van der Waals surface area contributed by atoms with Gasteiger partial charge in [0.1, 0.15) is 0 Å². The zero-order valence-electron chi connectivity index (χ0n) is 13.5. The predicted octanol–water partition coefficient (Wildman–Crippen LogP) is 2.87. The molecule has 1 radical (unpaired) electrons. The van der Waals surface area contributed by atoms with Crippen LogP contribution in [0, 0.1) is 11.3 Å². The van der Waals surface area contributed by atoms with E-state index < -0.39 is 0 Å². The van der Waals surface area contributed by atoms with Gasteiger partial charge >= 0.3 is 154 Å². The number of carbonyl (C=O) groups excluding carboxylic acids is 1. The van der Waals surface area contributed by atoms with Gasteiger partial charge in [-0.3, -0.25) is 0 Å². The molecule has 123 valence electrons. The second kappa shape index (κ2) is 7.35. The van der Waals surface area contributed by atoms with Gasteiger partial charge in [-0.2, -0.15) is 0 Å². The van der Waals surface area contributed by atoms with Crippen LogP contribution in [0.25, 0.3) is 6.08 Å². The third-order valence-electron chi connectivity index (χ3n) is 3.58. The third kappa shape index (κ3) is 3.63. The van der Waals surface area contributed by atoms with Crippen LogP contribution in [-0.4, -0.2) is 33.3 Å². The van der Waals surface area contributed by atoms with E-state index in [1.807, 2.05) is 31.2 Å². The Bertz CT molecular complexity index is 894. The van der Waals surface area contributed by atoms with Gasteiger partial charge in [-0.15, -0.1) is 0 Å². The number of carbonyl (C=O) groups is 1. The molecule has 3 rings (SSSR count). The molecule has 0 saturated heterocycles. The molecule has 0 N–H and O–H groups in total. The first-order chi connectivity index (χ1) is 12.1. The van der Waals surface area contributed by atoms with Crippen LogP contribution >= 0.6 is 0 Å². The Balaban J connectivity index is 1.85. The fourth-order valence-corrected chi connectivity index (χ4v) is 3.00. The van der Waals surface area contributed by atoms with Gasteiger partial charge in [0.2, 0.25) is 0 Å². The molecule has 0 unspecified atom stereocenters. The van der Waals surface area contributed by atoms with Gasteiger partial charge in [0.25, 0.3) is 0 Å². The number of aliphatic imine (C=N–C) groups is 1. The standard InChI is InChI=1S/C19H14N3O2Se/c1-2-24-16-9-5-13(6-10-16)11-17-18(23)22(19(25)21-17)15-7-3-14(12-20)4-8-15/h3-11H,2H2,1H3/b17-11-. The summed E-state index contributed by atoms with van der Waals surface area (Å²) in [5.74, 6) is 0.571. The van der Waals surface area contributed by atoms with Crippen LogP contribution in [0.2, 0.25) is 0 Å². The summed E-state index contributed by atoms with van der Waals surface area (Å²) < 4.78 is 5.89. The number of hydrogen-bond acceptors (Lipinski definition) is 4. The number of ether oxygens (including phenoxy) is 1. The molecule has 6 heteroatoms. The number of anilines is 1. The zero-order chi connectivity index (χ0) is 17.8. The maximum absolute atomic E-state index is 12.7. The number of rotatable bonds is 4. The van der Waals surface area contributed by atoms with Crippen molar-refractivity contribution in [2.45, 2.75) is 6.92 Å². The van der Waals surface area contributed by atoms with E-state index >= 15 is 0 Å². The maximum atomic E-state index is 12.7. The van der Waals surface area contributed by atoms with Crippen molar-refractivity contribution in [2.24, 2.45) is 4.99 Å². The summed E-state index contributed by atoms with van der Waals surface area (Å²) in [4.78, 5) is 18.5. The SMILES string of the molecule is CCOc1ccc(/C=C2\N=C([Se])N(c3ccc(C#N)cc3)C2=O)cc1. The molecule has 5 nitrogen and oxygen atoms in total. The Morgan fingerprint density at radius 2 is 1.88 bits per heavy atom. The molecular weight excluding hydrogens is 381 g/mol. The summed E-state index contributed by atoms with van der Waals surface area (Å²) >= 11 is 2.82. The van der Waals surface area contributed by atoms with Crippen LogP contribution in [-0.2, 0) is 4.79 Å². The molecule has 0 spiro atoms. The monoisotopic (exact) mass is 396 g/mol. The number of benzene rings is 2. The topological polar surface area (TPSA) is 65.7 Å². The minimum absolute atomic E-state index is 0.215. The molecule has 0 fully saturated rings. The molecule has 0 aromatic heterocycles. The Labute approximate surface area is 154 Å². The predicted molar refractivity (Wildman–Crippen MR) is 97.4 cm³/mol. The number of amidine groups is 1. The van der Waals surface area contributed by atoms with Crippen molar-refractivity contribution < 1.29 is 9.53 Å². The molecule has 2 aromatic carbocycles. The molecule has 0 atom stereocenters. The molecular formula is C19H14N3O2Se. The Morgan fingerprint density at radius 3 is 2.48 bits per heavy atom. The van der Waals surface area contributed by atoms with E-state index in [1.165, 1.54) is 4.90 Å². The summed E-state index contributed by atoms with van der Waals surface area (Å²) in [5.41, 5.74) is 2.42. The first kappa shape index (κ1) is 17.0. The van der Waals surface area contributed by atoms with Gasteiger partial charge in [-0.05, 0) is 0 Å². The van der Waals surface area contributed by atoms with Crippen molar-refractivity contribution in [1.82, 2.24) is 0 Å². The zero-order valence-corrected chi connectivity index (χ0v) is 15.2. The summed E-state index contributed by atoms with van der Waals surface area (Å²) in [7, 11) is 0. The van der Waals surface area contributed by atoms with E-state index in [0.29, 0.717) is 28.3 Å². The van der Waals surface area contributed by atoms with Crippen LogP contribution in [0.3, 0.4) is 0 Å². The van der Waals surface area contributed by atoms with Crippen molar-refractivity contribution >= 4 is 38.4 Å². The van der Waals surface area contributed by atoms with Crippen LogP contribution in [0.15, 0.2) is 59.2 Å². The first-order valence-corrected chi connectivity index (χ1v) is 8.53. The van der Waals surface area contributed by atoms with E-state index in [0.717, 1.165) is 11.3 Å². The molecule has 1 heterocycles. The number of nitriles is 1. The second-order valence-corrected chi connectivity index (χ2v) is 5.99. The van der Waals surface area contributed by atoms with E-state index in [-0.39, 0.29) is 5.91 Å². The van der Waals surface area contributed by atoms with Crippen molar-refractivity contribution in [1.29, 1.82) is 5.26 Å². The summed E-state index contributed by atoms with van der Waals surface area (Å²) in [6, 6.07) is 16.3. The summed E-state index contributed by atoms with van der Waals surface area (Å²) in [6.07, 6.45) is 1.74. The Kier molecular flexibility index (Phi) is 4.99. The second-order valence-electron chi connectivity index (χ2n) is 5.23. The number of hydrogen-bond donors (Lipinski definition) is 0. The average molecular weight is 395 g/mol. The van der Waals surface area contributed by atoms with Crippen LogP contribution in [0.5, 0.6) is 5.75 Å². The summed E-state index contributed by atoms with van der Waals surface area (Å²) in [5, 5.41) is 8.88. The molecule has 0 aliphatic carbocycles. The van der Waals surface area contributed by atoms with E-state index in [4.69, 9.17) is 10.00 Å². The van der Waals surface area contributed by atoms with Crippen molar-refractivity contribution in [3.8, 4) is 11.8 Å². The third-order valence-corrected chi connectivity index (χ3v) is 4.15. The van der Waals surface area contributed by atoms with E-state index in [2.05, 4.69) is 27.1 Å². The van der Waals surface area contributed by atoms with Crippen molar-refractivity contribution in [3.63, 3.8) is 0 Å². The normalized spacial score (nSPS) is 15.2. The fraction of sp³-hybridized carbons (Fsp3) is 0.105. The Hall–Kier alpha value is -2.87. The minimum atomic E-state index is -0.215. The molecule has 1 aliphatic heterocycles. The molecule has 2 aromatic rings. The van der Waals surface area contributed by atoms with Crippen LogP contribution < -0.4 is 9.64 Å².